The quantitative estimate of drug-likeness (QED) is 0.528. The molecule has 0 aliphatic heterocycles. The first-order chi connectivity index (χ1) is 9.86. The average molecular weight is 297 g/mol. The Hall–Kier alpha value is -2.97. The van der Waals surface area contributed by atoms with Crippen molar-refractivity contribution in [3.05, 3.63) is 18.2 Å². The second-order valence-corrected chi connectivity index (χ2v) is 3.89. The molecule has 0 aliphatic carbocycles. The number of rotatable bonds is 6. The normalized spacial score (nSPS) is 9.29. The topological polar surface area (TPSA) is 115 Å². The summed E-state index contributed by atoms with van der Waals surface area (Å²) in [5.41, 5.74) is 8.24. The van der Waals surface area contributed by atoms with Crippen molar-refractivity contribution >= 4 is 35.0 Å². The van der Waals surface area contributed by atoms with Crippen LogP contribution in [-0.4, -0.2) is 17.9 Å². The third-order valence-electron chi connectivity index (χ3n) is 1.87. The van der Waals surface area contributed by atoms with Gasteiger partial charge in [-0.1, -0.05) is 0 Å². The van der Waals surface area contributed by atoms with Crippen molar-refractivity contribution in [3.8, 4) is 0 Å². The minimum Gasteiger partial charge on any atom is -0.344 e. The van der Waals surface area contributed by atoms with Gasteiger partial charge in [0, 0.05) is 20.8 Å². The van der Waals surface area contributed by atoms with E-state index in [-0.39, 0.29) is 0 Å². The van der Waals surface area contributed by atoms with Gasteiger partial charge in [0.25, 0.3) is 0 Å². The standard InChI is InChI=1S/C12H15N3O6/c1-7(16)19-13-10-4-11(14-20-8(2)17)6-12(5-10)15-21-9(3)18/h4-6,13-15H,1-3H3. The molecule has 0 saturated heterocycles. The molecule has 0 fully saturated rings. The molecular formula is C12H15N3O6. The number of carbonyl (C=O) groups is 3. The lowest BCUT2D eigenvalue weighted by Crippen LogP contribution is -2.11. The van der Waals surface area contributed by atoms with Crippen LogP contribution in [0.1, 0.15) is 20.8 Å². The Balaban J connectivity index is 2.86. The van der Waals surface area contributed by atoms with Crippen molar-refractivity contribution in [2.75, 3.05) is 16.4 Å². The second kappa shape index (κ2) is 7.58. The first-order valence-corrected chi connectivity index (χ1v) is 5.82. The van der Waals surface area contributed by atoms with E-state index in [0.717, 1.165) is 0 Å². The van der Waals surface area contributed by atoms with Crippen LogP contribution < -0.4 is 16.4 Å². The van der Waals surface area contributed by atoms with Gasteiger partial charge in [0.1, 0.15) is 0 Å². The van der Waals surface area contributed by atoms with Gasteiger partial charge in [-0.2, -0.15) is 0 Å². The van der Waals surface area contributed by atoms with Crippen LogP contribution in [0.25, 0.3) is 0 Å². The van der Waals surface area contributed by atoms with Crippen LogP contribution in [0, 0.1) is 0 Å². The Morgan fingerprint density at radius 2 is 0.905 bits per heavy atom. The van der Waals surface area contributed by atoms with Crippen molar-refractivity contribution in [2.24, 2.45) is 0 Å². The molecule has 0 spiro atoms. The maximum absolute atomic E-state index is 10.8. The molecule has 1 aromatic rings. The Kier molecular flexibility index (Phi) is 5.80. The van der Waals surface area contributed by atoms with E-state index in [4.69, 9.17) is 0 Å². The summed E-state index contributed by atoms with van der Waals surface area (Å²) in [6.45, 7) is 3.68. The van der Waals surface area contributed by atoms with Crippen molar-refractivity contribution in [1.29, 1.82) is 0 Å². The number of anilines is 3. The first kappa shape index (κ1) is 16.1. The molecule has 0 saturated carbocycles. The molecule has 0 heterocycles. The van der Waals surface area contributed by atoms with E-state index in [1.807, 2.05) is 0 Å². The Bertz CT molecular complexity index is 457. The molecule has 0 aliphatic rings. The van der Waals surface area contributed by atoms with Crippen LogP contribution in [0.2, 0.25) is 0 Å². The molecule has 0 amide bonds. The average Bonchev–Trinajstić information content (AvgIpc) is 2.40. The zero-order valence-electron chi connectivity index (χ0n) is 11.7. The molecule has 9 heteroatoms. The van der Waals surface area contributed by atoms with Gasteiger partial charge in [0.2, 0.25) is 0 Å². The fourth-order valence-electron chi connectivity index (χ4n) is 1.20. The molecule has 0 bridgehead atoms. The molecular weight excluding hydrogens is 282 g/mol. The van der Waals surface area contributed by atoms with Crippen molar-refractivity contribution < 1.29 is 28.9 Å². The lowest BCUT2D eigenvalue weighted by molar-refractivity contribution is -0.138. The van der Waals surface area contributed by atoms with Gasteiger partial charge in [-0.05, 0) is 18.2 Å². The number of hydrogen-bond donors (Lipinski definition) is 3. The summed E-state index contributed by atoms with van der Waals surface area (Å²) in [4.78, 5) is 46.2. The molecule has 21 heavy (non-hydrogen) atoms. The summed E-state index contributed by atoms with van der Waals surface area (Å²) in [7, 11) is 0. The summed E-state index contributed by atoms with van der Waals surface area (Å²) >= 11 is 0. The molecule has 3 N–H and O–H groups in total. The van der Waals surface area contributed by atoms with Gasteiger partial charge in [0.15, 0.2) is 0 Å². The van der Waals surface area contributed by atoms with Gasteiger partial charge >= 0.3 is 17.9 Å². The van der Waals surface area contributed by atoms with Crippen LogP contribution in [0.15, 0.2) is 18.2 Å². The van der Waals surface area contributed by atoms with Gasteiger partial charge in [-0.15, -0.1) is 0 Å². The van der Waals surface area contributed by atoms with E-state index >= 15 is 0 Å². The molecule has 114 valence electrons. The maximum atomic E-state index is 10.8. The predicted molar refractivity (Wildman–Crippen MR) is 72.6 cm³/mol. The van der Waals surface area contributed by atoms with E-state index < -0.39 is 17.9 Å². The number of hydrogen-bond acceptors (Lipinski definition) is 9. The highest BCUT2D eigenvalue weighted by Crippen LogP contribution is 2.23. The summed E-state index contributed by atoms with van der Waals surface area (Å²) in [5, 5.41) is 0. The Morgan fingerprint density at radius 3 is 1.10 bits per heavy atom. The summed E-state index contributed by atoms with van der Waals surface area (Å²) in [5.74, 6) is -1.62. The second-order valence-electron chi connectivity index (χ2n) is 3.89. The minimum absolute atomic E-state index is 0.358. The fraction of sp³-hybridized carbons (Fsp3) is 0.250. The maximum Gasteiger partial charge on any atom is 0.329 e. The van der Waals surface area contributed by atoms with Crippen molar-refractivity contribution in [2.45, 2.75) is 20.8 Å². The third-order valence-corrected chi connectivity index (χ3v) is 1.87. The van der Waals surface area contributed by atoms with Crippen molar-refractivity contribution in [1.82, 2.24) is 0 Å². The third kappa shape index (κ3) is 6.66. The molecule has 0 unspecified atom stereocenters. The van der Waals surface area contributed by atoms with Crippen LogP contribution in [0.5, 0.6) is 0 Å². The lowest BCUT2D eigenvalue weighted by atomic mass is 10.2. The van der Waals surface area contributed by atoms with E-state index in [9.17, 15) is 14.4 Å². The smallest absolute Gasteiger partial charge is 0.329 e. The highest BCUT2D eigenvalue weighted by molar-refractivity contribution is 5.72. The number of nitrogens with one attached hydrogen (secondary N) is 3. The number of benzene rings is 1. The van der Waals surface area contributed by atoms with Gasteiger partial charge < -0.3 is 14.5 Å². The highest BCUT2D eigenvalue weighted by atomic mass is 16.7. The van der Waals surface area contributed by atoms with Crippen molar-refractivity contribution in [3.63, 3.8) is 0 Å². The van der Waals surface area contributed by atoms with Crippen LogP contribution in [-0.2, 0) is 28.9 Å². The van der Waals surface area contributed by atoms with E-state index in [0.29, 0.717) is 17.1 Å². The number of carbonyl (C=O) groups excluding carboxylic acids is 3. The first-order valence-electron chi connectivity index (χ1n) is 5.82. The van der Waals surface area contributed by atoms with E-state index in [1.54, 1.807) is 0 Å². The summed E-state index contributed by atoms with van der Waals surface area (Å²) < 4.78 is 0. The monoisotopic (exact) mass is 297 g/mol. The lowest BCUT2D eigenvalue weighted by Gasteiger charge is -2.12. The van der Waals surface area contributed by atoms with Crippen LogP contribution in [0.3, 0.4) is 0 Å². The van der Waals surface area contributed by atoms with Gasteiger partial charge in [-0.3, -0.25) is 14.4 Å². The molecule has 0 radical (unpaired) electrons. The molecule has 1 aromatic carbocycles. The fourth-order valence-corrected chi connectivity index (χ4v) is 1.20. The molecule has 1 rings (SSSR count). The minimum atomic E-state index is -0.539. The SMILES string of the molecule is CC(=O)ONc1cc(NOC(C)=O)cc(NOC(C)=O)c1. The van der Waals surface area contributed by atoms with Crippen LogP contribution in [0.4, 0.5) is 17.1 Å². The Labute approximate surface area is 120 Å². The molecule has 0 aromatic heterocycles. The molecule has 9 nitrogen and oxygen atoms in total. The van der Waals surface area contributed by atoms with E-state index in [1.165, 1.54) is 39.0 Å². The predicted octanol–water partition coefficient (Wildman–Crippen LogP) is 1.36. The highest BCUT2D eigenvalue weighted by Gasteiger charge is 2.05. The van der Waals surface area contributed by atoms with Gasteiger partial charge in [0.05, 0.1) is 17.1 Å². The van der Waals surface area contributed by atoms with Gasteiger partial charge in [-0.25, -0.2) is 16.4 Å². The summed E-state index contributed by atoms with van der Waals surface area (Å²) in [6, 6.07) is 4.51. The zero-order valence-corrected chi connectivity index (χ0v) is 11.7. The summed E-state index contributed by atoms with van der Waals surface area (Å²) in [6.07, 6.45) is 0. The largest absolute Gasteiger partial charge is 0.344 e. The van der Waals surface area contributed by atoms with Crippen LogP contribution >= 0.6 is 0 Å². The zero-order chi connectivity index (χ0) is 15.8. The molecule has 0 atom stereocenters. The Morgan fingerprint density at radius 1 is 0.667 bits per heavy atom. The van der Waals surface area contributed by atoms with E-state index in [2.05, 4.69) is 31.0 Å².